The minimum Gasteiger partial charge on any atom is -0.459 e. The highest BCUT2D eigenvalue weighted by Crippen LogP contribution is 2.37. The molecule has 1 aromatic rings. The molecule has 3 rings (SSSR count). The second-order valence-electron chi connectivity index (χ2n) is 7.69. The second kappa shape index (κ2) is 8.66. The lowest BCUT2D eigenvalue weighted by molar-refractivity contribution is -0.160. The molecule has 1 heterocycles. The van der Waals surface area contributed by atoms with Crippen LogP contribution in [0.15, 0.2) is 30.4 Å². The maximum absolute atomic E-state index is 12.9. The van der Waals surface area contributed by atoms with Gasteiger partial charge in [-0.15, -0.1) is 0 Å². The summed E-state index contributed by atoms with van der Waals surface area (Å²) in [4.78, 5) is 39.7. The van der Waals surface area contributed by atoms with Gasteiger partial charge in [-0.25, -0.2) is 4.79 Å². The average molecular weight is 424 g/mol. The van der Waals surface area contributed by atoms with E-state index in [2.05, 4.69) is 0 Å². The molecule has 0 radical (unpaired) electrons. The Kier molecular flexibility index (Phi) is 6.46. The number of fused-ring (bicyclic) bond motifs is 1. The van der Waals surface area contributed by atoms with Gasteiger partial charge in [0.25, 0.3) is 0 Å². The van der Waals surface area contributed by atoms with E-state index < -0.39 is 12.0 Å². The molecule has 1 saturated heterocycles. The summed E-state index contributed by atoms with van der Waals surface area (Å²) in [7, 11) is 0. The van der Waals surface area contributed by atoms with Crippen molar-refractivity contribution < 1.29 is 19.1 Å². The number of esters is 1. The number of rotatable bonds is 6. The molecule has 0 saturated carbocycles. The van der Waals surface area contributed by atoms with E-state index >= 15 is 0 Å². The van der Waals surface area contributed by atoms with Crippen molar-refractivity contribution in [1.82, 2.24) is 4.90 Å². The van der Waals surface area contributed by atoms with E-state index in [0.717, 1.165) is 4.90 Å². The van der Waals surface area contributed by atoms with Crippen LogP contribution in [0, 0.1) is 17.8 Å². The highest BCUT2D eigenvalue weighted by Gasteiger charge is 2.51. The maximum atomic E-state index is 12.9. The van der Waals surface area contributed by atoms with Gasteiger partial charge in [-0.2, -0.15) is 0 Å². The van der Waals surface area contributed by atoms with E-state index in [1.165, 1.54) is 0 Å². The number of hydrogen-bond acceptors (Lipinski definition) is 4. The Bertz CT molecular complexity index is 795. The largest absolute Gasteiger partial charge is 0.459 e. The Morgan fingerprint density at radius 1 is 1.14 bits per heavy atom. The summed E-state index contributed by atoms with van der Waals surface area (Å²) in [5.41, 5.74) is 0.611. The number of benzene rings is 1. The fourth-order valence-electron chi connectivity index (χ4n) is 3.77. The molecular formula is C21H23Cl2NO4. The standard InChI is InChI=1S/C21H23Cl2NO4/c1-12(2)9-18(21(27)28-11-13-7-8-14(22)10-17(13)23)24-19(25)15-5-3-4-6-16(15)20(24)26/h3-4,7-8,10,12,15-16,18H,5-6,9,11H2,1-2H3/t15-,16-,18-/m0/s1. The predicted molar refractivity (Wildman–Crippen MR) is 107 cm³/mol. The SMILES string of the molecule is CC(C)C[C@@H](C(=O)OCc1ccc(Cl)cc1Cl)N1C(=O)[C@H]2CC=CC[C@@H]2C1=O. The van der Waals surface area contributed by atoms with Gasteiger partial charge < -0.3 is 4.74 Å². The molecule has 150 valence electrons. The second-order valence-corrected chi connectivity index (χ2v) is 8.53. The first-order valence-corrected chi connectivity index (χ1v) is 10.2. The lowest BCUT2D eigenvalue weighted by Gasteiger charge is -2.26. The molecule has 0 spiro atoms. The normalized spacial score (nSPS) is 22.5. The van der Waals surface area contributed by atoms with Crippen molar-refractivity contribution in [2.45, 2.75) is 45.8 Å². The Hall–Kier alpha value is -1.85. The number of carbonyl (C=O) groups is 3. The van der Waals surface area contributed by atoms with Crippen LogP contribution in [0.4, 0.5) is 0 Å². The van der Waals surface area contributed by atoms with Crippen LogP contribution in [0.5, 0.6) is 0 Å². The number of ether oxygens (including phenoxy) is 1. The molecule has 7 heteroatoms. The van der Waals surface area contributed by atoms with Crippen molar-refractivity contribution in [2.75, 3.05) is 0 Å². The number of nitrogens with zero attached hydrogens (tertiary/aromatic N) is 1. The zero-order valence-electron chi connectivity index (χ0n) is 15.9. The number of hydrogen-bond donors (Lipinski definition) is 0. The lowest BCUT2D eigenvalue weighted by Crippen LogP contribution is -2.47. The highest BCUT2D eigenvalue weighted by atomic mass is 35.5. The number of allylic oxidation sites excluding steroid dienone is 2. The van der Waals surface area contributed by atoms with E-state index in [1.54, 1.807) is 18.2 Å². The number of imide groups is 1. The average Bonchev–Trinajstić information content (AvgIpc) is 2.90. The van der Waals surface area contributed by atoms with Gasteiger partial charge in [0.2, 0.25) is 11.8 Å². The van der Waals surface area contributed by atoms with E-state index in [0.29, 0.717) is 34.9 Å². The molecule has 1 aliphatic carbocycles. The van der Waals surface area contributed by atoms with E-state index in [9.17, 15) is 14.4 Å². The Balaban J connectivity index is 1.77. The number of carbonyl (C=O) groups excluding carboxylic acids is 3. The minimum atomic E-state index is -0.920. The van der Waals surface area contributed by atoms with E-state index in [4.69, 9.17) is 27.9 Å². The van der Waals surface area contributed by atoms with Crippen molar-refractivity contribution in [1.29, 1.82) is 0 Å². The fraction of sp³-hybridized carbons (Fsp3) is 0.476. The van der Waals surface area contributed by atoms with Crippen LogP contribution in [0.25, 0.3) is 0 Å². The Labute approximate surface area is 174 Å². The summed E-state index contributed by atoms with van der Waals surface area (Å²) in [5.74, 6) is -1.76. The smallest absolute Gasteiger partial charge is 0.329 e. The quantitative estimate of drug-likeness (QED) is 0.386. The topological polar surface area (TPSA) is 63.7 Å². The van der Waals surface area contributed by atoms with Crippen LogP contribution in [-0.2, 0) is 25.7 Å². The first-order valence-electron chi connectivity index (χ1n) is 9.42. The van der Waals surface area contributed by atoms with Crippen LogP contribution in [0.1, 0.15) is 38.7 Å². The van der Waals surface area contributed by atoms with Crippen LogP contribution < -0.4 is 0 Å². The maximum Gasteiger partial charge on any atom is 0.329 e. The molecule has 0 aromatic heterocycles. The number of halogens is 2. The molecule has 0 unspecified atom stereocenters. The van der Waals surface area contributed by atoms with E-state index in [1.807, 2.05) is 26.0 Å². The van der Waals surface area contributed by atoms with Crippen molar-refractivity contribution in [3.8, 4) is 0 Å². The van der Waals surface area contributed by atoms with Gasteiger partial charge in [0, 0.05) is 15.6 Å². The van der Waals surface area contributed by atoms with Gasteiger partial charge in [0.1, 0.15) is 12.6 Å². The van der Waals surface area contributed by atoms with Gasteiger partial charge in [-0.3, -0.25) is 14.5 Å². The zero-order valence-corrected chi connectivity index (χ0v) is 17.4. The minimum absolute atomic E-state index is 0.0476. The van der Waals surface area contributed by atoms with Crippen LogP contribution in [-0.4, -0.2) is 28.7 Å². The van der Waals surface area contributed by atoms with Crippen molar-refractivity contribution in [2.24, 2.45) is 17.8 Å². The van der Waals surface area contributed by atoms with Crippen LogP contribution in [0.3, 0.4) is 0 Å². The Morgan fingerprint density at radius 2 is 1.75 bits per heavy atom. The summed E-state index contributed by atoms with van der Waals surface area (Å²) in [6, 6.07) is 4.00. The first kappa shape index (κ1) is 20.9. The van der Waals surface area contributed by atoms with Gasteiger partial charge in [0.05, 0.1) is 11.8 Å². The summed E-state index contributed by atoms with van der Waals surface area (Å²) in [5, 5.41) is 0.883. The molecule has 2 amide bonds. The molecule has 1 fully saturated rings. The van der Waals surface area contributed by atoms with Crippen LogP contribution in [0.2, 0.25) is 10.0 Å². The third-order valence-electron chi connectivity index (χ3n) is 5.21. The van der Waals surface area contributed by atoms with Gasteiger partial charge >= 0.3 is 5.97 Å². The molecule has 3 atom stereocenters. The Morgan fingerprint density at radius 3 is 2.29 bits per heavy atom. The van der Waals surface area contributed by atoms with Crippen LogP contribution >= 0.6 is 23.2 Å². The summed E-state index contributed by atoms with van der Waals surface area (Å²) in [6.07, 6.45) is 5.28. The first-order chi connectivity index (χ1) is 13.3. The molecule has 1 aliphatic heterocycles. The van der Waals surface area contributed by atoms with Crippen molar-refractivity contribution in [3.63, 3.8) is 0 Å². The molecule has 28 heavy (non-hydrogen) atoms. The summed E-state index contributed by atoms with van der Waals surface area (Å²) < 4.78 is 5.45. The van der Waals surface area contributed by atoms with Gasteiger partial charge in [0.15, 0.2) is 0 Å². The van der Waals surface area contributed by atoms with Gasteiger partial charge in [-0.1, -0.05) is 55.3 Å². The zero-order chi connectivity index (χ0) is 20.4. The van der Waals surface area contributed by atoms with Crippen molar-refractivity contribution in [3.05, 3.63) is 46.0 Å². The fourth-order valence-corrected chi connectivity index (χ4v) is 4.23. The third kappa shape index (κ3) is 4.26. The highest BCUT2D eigenvalue weighted by molar-refractivity contribution is 6.35. The molecule has 0 bridgehead atoms. The molecular weight excluding hydrogens is 401 g/mol. The summed E-state index contributed by atoms with van der Waals surface area (Å²) in [6.45, 7) is 3.83. The predicted octanol–water partition coefficient (Wildman–Crippen LogP) is 4.40. The van der Waals surface area contributed by atoms with Crippen molar-refractivity contribution >= 4 is 41.0 Å². The molecule has 1 aromatic carbocycles. The molecule has 0 N–H and O–H groups in total. The molecule has 5 nitrogen and oxygen atoms in total. The number of amides is 2. The lowest BCUT2D eigenvalue weighted by atomic mass is 9.85. The third-order valence-corrected chi connectivity index (χ3v) is 5.79. The summed E-state index contributed by atoms with van der Waals surface area (Å²) >= 11 is 12.0. The van der Waals surface area contributed by atoms with E-state index in [-0.39, 0.29) is 36.2 Å². The molecule has 2 aliphatic rings. The van der Waals surface area contributed by atoms with Gasteiger partial charge in [-0.05, 0) is 37.3 Å². The monoisotopic (exact) mass is 423 g/mol. The number of likely N-dealkylation sites (tertiary alicyclic amines) is 1.